The lowest BCUT2D eigenvalue weighted by Gasteiger charge is -2.21. The molecule has 21 heteroatoms. The van der Waals surface area contributed by atoms with E-state index in [2.05, 4.69) is 14.5 Å². The number of nitrogens with zero attached hydrogens (tertiary/aromatic N) is 4. The first-order chi connectivity index (χ1) is 23.1. The van der Waals surface area contributed by atoms with Crippen LogP contribution in [0.15, 0.2) is 58.4 Å². The van der Waals surface area contributed by atoms with Gasteiger partial charge in [0.25, 0.3) is 11.5 Å². The van der Waals surface area contributed by atoms with Crippen LogP contribution in [-0.4, -0.2) is 52.1 Å². The predicted octanol–water partition coefficient (Wildman–Crippen LogP) is 4.54. The number of aromatic nitrogens is 3. The molecule has 1 amide bonds. The Hall–Kier alpha value is -5.26. The lowest BCUT2D eigenvalue weighted by molar-refractivity contribution is -0.286. The van der Waals surface area contributed by atoms with Crippen molar-refractivity contribution in [3.8, 4) is 34.4 Å². The Balaban J connectivity index is 0.000000261. The number of carbonyl (C=O) groups excluding carboxylic acids is 1. The van der Waals surface area contributed by atoms with Gasteiger partial charge in [0.2, 0.25) is 0 Å². The highest BCUT2D eigenvalue weighted by molar-refractivity contribution is 7.87. The maximum atomic E-state index is 14.5. The van der Waals surface area contributed by atoms with Crippen LogP contribution in [0.5, 0.6) is 11.5 Å². The van der Waals surface area contributed by atoms with E-state index in [1.807, 2.05) is 6.07 Å². The van der Waals surface area contributed by atoms with E-state index >= 15 is 0 Å². The van der Waals surface area contributed by atoms with Gasteiger partial charge < -0.3 is 14.5 Å². The van der Waals surface area contributed by atoms with E-state index in [0.29, 0.717) is 28.8 Å². The minimum absolute atomic E-state index is 0.0393. The highest BCUT2D eigenvalue weighted by Gasteiger charge is 2.44. The van der Waals surface area contributed by atoms with Crippen LogP contribution in [0.1, 0.15) is 35.5 Å². The van der Waals surface area contributed by atoms with Crippen molar-refractivity contribution in [2.24, 2.45) is 7.05 Å². The molecule has 2 aromatic carbocycles. The highest BCUT2D eigenvalue weighted by atomic mass is 35.5. The summed E-state index contributed by atoms with van der Waals surface area (Å²) < 4.78 is 116. The monoisotopic (exact) mass is 748 g/mol. The second kappa shape index (κ2) is 13.6. The molecule has 13 nitrogen and oxygen atoms in total. The van der Waals surface area contributed by atoms with Gasteiger partial charge in [-0.3, -0.25) is 14.2 Å². The smallest absolute Gasteiger partial charge is 0.395 e. The predicted molar refractivity (Wildman–Crippen MR) is 164 cm³/mol. The third-order valence-electron chi connectivity index (χ3n) is 7.05. The molecule has 0 bridgehead atoms. The number of hydrogen-bond acceptors (Lipinski definition) is 8. The first-order valence-corrected chi connectivity index (χ1v) is 15.6. The molecule has 0 saturated carbocycles. The number of benzene rings is 2. The molecule has 0 saturated heterocycles. The quantitative estimate of drug-likeness (QED) is 0.271. The number of nitrogens with one attached hydrogen (secondary N) is 2. The summed E-state index contributed by atoms with van der Waals surface area (Å²) in [5.74, 6) is -2.73. The Bertz CT molecular complexity index is 2260. The van der Waals surface area contributed by atoms with Crippen molar-refractivity contribution in [1.82, 2.24) is 23.1 Å². The van der Waals surface area contributed by atoms with Crippen LogP contribution < -0.4 is 25.4 Å². The maximum absolute atomic E-state index is 14.5. The van der Waals surface area contributed by atoms with E-state index in [4.69, 9.17) is 16.9 Å². The summed E-state index contributed by atoms with van der Waals surface area (Å²) in [6.45, 7) is 3.05. The van der Waals surface area contributed by atoms with Crippen molar-refractivity contribution >= 4 is 27.7 Å². The number of rotatable bonds is 6. The first-order valence-electron chi connectivity index (χ1n) is 13.8. The minimum Gasteiger partial charge on any atom is -0.395 e. The minimum atomic E-state index is -5.04. The molecule has 5 rings (SSSR count). The van der Waals surface area contributed by atoms with Crippen LogP contribution >= 0.6 is 11.6 Å². The van der Waals surface area contributed by atoms with Gasteiger partial charge in [-0.25, -0.2) is 18.5 Å². The van der Waals surface area contributed by atoms with E-state index in [9.17, 15) is 49.1 Å². The Labute approximate surface area is 283 Å². The lowest BCUT2D eigenvalue weighted by atomic mass is 10.0. The summed E-state index contributed by atoms with van der Waals surface area (Å²) in [5.41, 5.74) is -4.95. The molecule has 4 aromatic rings. The number of carbonyl (C=O) groups is 1. The number of aromatic amines is 1. The largest absolute Gasteiger partial charge is 0.586 e. The van der Waals surface area contributed by atoms with Gasteiger partial charge >= 0.3 is 28.4 Å². The fourth-order valence-corrected chi connectivity index (χ4v) is 5.66. The van der Waals surface area contributed by atoms with Crippen molar-refractivity contribution in [3.05, 3.63) is 97.3 Å². The van der Waals surface area contributed by atoms with Gasteiger partial charge in [-0.2, -0.15) is 31.2 Å². The summed E-state index contributed by atoms with van der Waals surface area (Å²) in [5, 5.41) is 8.36. The van der Waals surface area contributed by atoms with Crippen LogP contribution in [0.4, 0.5) is 26.3 Å². The van der Waals surface area contributed by atoms with Gasteiger partial charge in [0, 0.05) is 49.7 Å². The van der Waals surface area contributed by atoms with Crippen LogP contribution in [0.25, 0.3) is 16.8 Å². The number of para-hydroxylation sites is 1. The third kappa shape index (κ3) is 7.49. The standard InChI is InChI=1S/C17H17ClF4N4O5S.C12H6F2N2O2/c1-8(2)25(4)32(30,31)23-15(28)9-5-12(11(19)6-10(9)18)26-14(27)7-13(17(20,21)22)24(3)16(26)29;13-12(14)17-10-3-1-2-8(11(10)18-12)9-6-16-5-7(9)4-15/h5-8H,1-4H3,(H,23,28);1-3,5-6,16H. The van der Waals surface area contributed by atoms with Crippen molar-refractivity contribution in [3.63, 3.8) is 0 Å². The second-order valence-corrected chi connectivity index (χ2v) is 12.7. The maximum Gasteiger partial charge on any atom is 0.586 e. The number of fused-ring (bicyclic) bond motifs is 1. The van der Waals surface area contributed by atoms with E-state index in [-0.39, 0.29) is 26.7 Å². The van der Waals surface area contributed by atoms with Crippen molar-refractivity contribution in [2.75, 3.05) is 7.05 Å². The van der Waals surface area contributed by atoms with Crippen LogP contribution in [-0.2, 0) is 23.4 Å². The molecule has 2 aromatic heterocycles. The molecule has 1 aliphatic heterocycles. The lowest BCUT2D eigenvalue weighted by Crippen LogP contribution is -2.44. The Morgan fingerprint density at radius 1 is 1.12 bits per heavy atom. The van der Waals surface area contributed by atoms with Gasteiger partial charge in [0.1, 0.15) is 17.6 Å². The normalized spacial score (nSPS) is 13.5. The van der Waals surface area contributed by atoms with Gasteiger partial charge in [0.15, 0.2) is 11.5 Å². The average molecular weight is 749 g/mol. The highest BCUT2D eigenvalue weighted by Crippen LogP contribution is 2.47. The third-order valence-corrected chi connectivity index (χ3v) is 8.98. The van der Waals surface area contributed by atoms with Crippen LogP contribution in [0.2, 0.25) is 5.02 Å². The van der Waals surface area contributed by atoms with Gasteiger partial charge in [-0.05, 0) is 32.0 Å². The number of nitriles is 1. The van der Waals surface area contributed by atoms with Crippen molar-refractivity contribution in [2.45, 2.75) is 32.4 Å². The molecule has 1 aliphatic rings. The van der Waals surface area contributed by atoms with E-state index < -0.39 is 73.7 Å². The molecule has 50 heavy (non-hydrogen) atoms. The Kier molecular flexibility index (Phi) is 10.2. The summed E-state index contributed by atoms with van der Waals surface area (Å²) in [4.78, 5) is 39.8. The summed E-state index contributed by atoms with van der Waals surface area (Å²) in [7, 11) is -2.43. The number of alkyl halides is 5. The molecule has 266 valence electrons. The number of amides is 1. The molecular formula is C29H23ClF6N6O7S. The van der Waals surface area contributed by atoms with Gasteiger partial charge in [-0.15, -0.1) is 8.78 Å². The molecule has 0 spiro atoms. The average Bonchev–Trinajstić information content (AvgIpc) is 3.61. The van der Waals surface area contributed by atoms with Crippen molar-refractivity contribution in [1.29, 1.82) is 5.26 Å². The molecule has 0 aliphatic carbocycles. The second-order valence-electron chi connectivity index (χ2n) is 10.6. The number of halogens is 7. The number of H-pyrrole nitrogens is 1. The molecule has 3 heterocycles. The molecule has 0 atom stereocenters. The zero-order valence-electron chi connectivity index (χ0n) is 25.9. The van der Waals surface area contributed by atoms with Crippen LogP contribution in [0.3, 0.4) is 0 Å². The fraction of sp³-hybridized carbons (Fsp3) is 0.241. The van der Waals surface area contributed by atoms with E-state index in [1.54, 1.807) is 23.1 Å². The van der Waals surface area contributed by atoms with Gasteiger partial charge in [0.05, 0.1) is 21.8 Å². The number of ether oxygens (including phenoxy) is 2. The van der Waals surface area contributed by atoms with E-state index in [1.165, 1.54) is 33.2 Å². The van der Waals surface area contributed by atoms with E-state index in [0.717, 1.165) is 11.4 Å². The Morgan fingerprint density at radius 3 is 2.38 bits per heavy atom. The first kappa shape index (κ1) is 37.6. The molecule has 2 N–H and O–H groups in total. The molecule has 0 fully saturated rings. The topological polar surface area (TPSA) is 169 Å². The summed E-state index contributed by atoms with van der Waals surface area (Å²) >= 11 is 5.82. The SMILES string of the molecule is CC(C)N(C)S(=O)(=O)NC(=O)c1cc(-n2c(=O)cc(C(F)(F)F)n(C)c2=O)c(F)cc1Cl.N#Cc1c[nH]cc1-c1cccc2c1OC(F)(F)O2. The molecule has 0 unspecified atom stereocenters. The van der Waals surface area contributed by atoms with Gasteiger partial charge in [-0.1, -0.05) is 23.7 Å². The zero-order chi connectivity index (χ0) is 37.5. The molecular weight excluding hydrogens is 726 g/mol. The van der Waals surface area contributed by atoms with Crippen molar-refractivity contribution < 1.29 is 49.0 Å². The summed E-state index contributed by atoms with van der Waals surface area (Å²) in [6.07, 6.45) is -5.66. The Morgan fingerprint density at radius 2 is 1.78 bits per heavy atom. The molecule has 0 radical (unpaired) electrons. The fourth-order valence-electron chi connectivity index (χ4n) is 4.38. The van der Waals surface area contributed by atoms with Crippen LogP contribution in [0, 0.1) is 17.1 Å². The number of hydrogen-bond donors (Lipinski definition) is 2. The zero-order valence-corrected chi connectivity index (χ0v) is 27.5. The summed E-state index contributed by atoms with van der Waals surface area (Å²) in [6, 6.07) is 7.17.